The Morgan fingerprint density at radius 3 is 2.72 bits per heavy atom. The number of hydrogen-bond acceptors (Lipinski definition) is 5. The van der Waals surface area contributed by atoms with Crippen molar-refractivity contribution >= 4 is 35.9 Å². The lowest BCUT2D eigenvalue weighted by Crippen LogP contribution is -2.46. The Morgan fingerprint density at radius 2 is 2.07 bits per heavy atom. The SMILES string of the molecule is CCOC(=O)C1CCN(C(=NC)NCc2cccc(Cn3cncn3)c2)CC1.I. The number of rotatable bonds is 6. The summed E-state index contributed by atoms with van der Waals surface area (Å²) in [5.41, 5.74) is 2.36. The van der Waals surface area contributed by atoms with Crippen LogP contribution in [0.25, 0.3) is 0 Å². The Hall–Kier alpha value is -2.17. The average molecular weight is 512 g/mol. The molecular formula is C20H29IN6O2. The summed E-state index contributed by atoms with van der Waals surface area (Å²) < 4.78 is 6.95. The number of nitrogens with one attached hydrogen (secondary N) is 1. The molecular weight excluding hydrogens is 483 g/mol. The van der Waals surface area contributed by atoms with Crippen LogP contribution in [0, 0.1) is 5.92 Å². The molecule has 1 N–H and O–H groups in total. The number of esters is 1. The number of aliphatic imine (C=N–C) groups is 1. The lowest BCUT2D eigenvalue weighted by molar-refractivity contribution is -0.149. The summed E-state index contributed by atoms with van der Waals surface area (Å²) in [6.45, 7) is 5.28. The number of likely N-dealkylation sites (tertiary alicyclic amines) is 1. The molecule has 2 aromatic rings. The van der Waals surface area contributed by atoms with Gasteiger partial charge in [-0.3, -0.25) is 9.79 Å². The number of nitrogens with zero attached hydrogens (tertiary/aromatic N) is 5. The first kappa shape index (κ1) is 23.1. The van der Waals surface area contributed by atoms with Crippen molar-refractivity contribution in [2.24, 2.45) is 10.9 Å². The molecule has 29 heavy (non-hydrogen) atoms. The van der Waals surface area contributed by atoms with Crippen molar-refractivity contribution in [3.05, 3.63) is 48.0 Å². The molecule has 1 saturated heterocycles. The molecule has 0 aliphatic carbocycles. The van der Waals surface area contributed by atoms with Crippen molar-refractivity contribution in [2.75, 3.05) is 26.7 Å². The average Bonchev–Trinajstić information content (AvgIpc) is 3.22. The summed E-state index contributed by atoms with van der Waals surface area (Å²) in [4.78, 5) is 22.5. The molecule has 0 bridgehead atoms. The summed E-state index contributed by atoms with van der Waals surface area (Å²) in [6.07, 6.45) is 4.85. The van der Waals surface area contributed by atoms with Gasteiger partial charge in [-0.2, -0.15) is 5.10 Å². The molecule has 1 fully saturated rings. The molecule has 0 unspecified atom stereocenters. The van der Waals surface area contributed by atoms with Gasteiger partial charge in [-0.15, -0.1) is 24.0 Å². The Labute approximate surface area is 188 Å². The Morgan fingerprint density at radius 1 is 1.31 bits per heavy atom. The van der Waals surface area contributed by atoms with Gasteiger partial charge in [0, 0.05) is 26.7 Å². The van der Waals surface area contributed by atoms with Gasteiger partial charge in [-0.1, -0.05) is 24.3 Å². The minimum absolute atomic E-state index is 0. The summed E-state index contributed by atoms with van der Waals surface area (Å²) in [5, 5.41) is 7.59. The molecule has 2 heterocycles. The van der Waals surface area contributed by atoms with E-state index in [9.17, 15) is 4.79 Å². The van der Waals surface area contributed by atoms with Crippen LogP contribution in [-0.2, 0) is 22.6 Å². The minimum atomic E-state index is -0.0747. The molecule has 158 valence electrons. The van der Waals surface area contributed by atoms with Crippen molar-refractivity contribution in [1.82, 2.24) is 25.0 Å². The van der Waals surface area contributed by atoms with Crippen LogP contribution in [0.1, 0.15) is 30.9 Å². The first-order valence-electron chi connectivity index (χ1n) is 9.72. The molecule has 9 heteroatoms. The van der Waals surface area contributed by atoms with E-state index in [0.29, 0.717) is 19.7 Å². The predicted octanol–water partition coefficient (Wildman–Crippen LogP) is 2.29. The van der Waals surface area contributed by atoms with Gasteiger partial charge >= 0.3 is 5.97 Å². The Kier molecular flexibility index (Phi) is 9.36. The second-order valence-electron chi connectivity index (χ2n) is 6.83. The van der Waals surface area contributed by atoms with E-state index in [1.165, 1.54) is 11.1 Å². The molecule has 1 aromatic carbocycles. The van der Waals surface area contributed by atoms with Crippen LogP contribution in [0.3, 0.4) is 0 Å². The number of guanidine groups is 1. The molecule has 0 saturated carbocycles. The number of halogens is 1. The normalized spacial score (nSPS) is 15.0. The molecule has 0 radical (unpaired) electrons. The Bertz CT molecular complexity index is 788. The molecule has 8 nitrogen and oxygen atoms in total. The first-order chi connectivity index (χ1) is 13.7. The maximum absolute atomic E-state index is 11.9. The quantitative estimate of drug-likeness (QED) is 0.277. The standard InChI is InChI=1S/C20H28N6O2.HI/c1-3-28-19(27)18-7-9-25(10-8-18)20(21-2)23-12-16-5-4-6-17(11-16)13-26-15-22-14-24-26;/h4-6,11,14-15,18H,3,7-10,12-13H2,1-2H3,(H,21,23);1H. The van der Waals surface area contributed by atoms with E-state index in [0.717, 1.165) is 31.9 Å². The zero-order chi connectivity index (χ0) is 19.8. The van der Waals surface area contributed by atoms with Gasteiger partial charge < -0.3 is 15.0 Å². The van der Waals surface area contributed by atoms with Gasteiger partial charge in [0.25, 0.3) is 0 Å². The Balaban J connectivity index is 0.00000300. The zero-order valence-corrected chi connectivity index (χ0v) is 19.3. The van der Waals surface area contributed by atoms with Crippen LogP contribution in [0.2, 0.25) is 0 Å². The van der Waals surface area contributed by atoms with E-state index in [2.05, 4.69) is 49.6 Å². The number of carbonyl (C=O) groups is 1. The van der Waals surface area contributed by atoms with Crippen LogP contribution in [-0.4, -0.2) is 58.3 Å². The van der Waals surface area contributed by atoms with Crippen molar-refractivity contribution in [1.29, 1.82) is 0 Å². The van der Waals surface area contributed by atoms with Crippen LogP contribution < -0.4 is 5.32 Å². The largest absolute Gasteiger partial charge is 0.466 e. The van der Waals surface area contributed by atoms with Crippen molar-refractivity contribution in [3.63, 3.8) is 0 Å². The molecule has 0 amide bonds. The second-order valence-corrected chi connectivity index (χ2v) is 6.83. The van der Waals surface area contributed by atoms with Crippen LogP contribution in [0.4, 0.5) is 0 Å². The highest BCUT2D eigenvalue weighted by molar-refractivity contribution is 14.0. The number of carbonyl (C=O) groups excluding carboxylic acids is 1. The smallest absolute Gasteiger partial charge is 0.309 e. The number of hydrogen-bond donors (Lipinski definition) is 1. The topological polar surface area (TPSA) is 84.6 Å². The maximum Gasteiger partial charge on any atom is 0.309 e. The lowest BCUT2D eigenvalue weighted by Gasteiger charge is -2.33. The van der Waals surface area contributed by atoms with Gasteiger partial charge in [0.15, 0.2) is 5.96 Å². The van der Waals surface area contributed by atoms with Gasteiger partial charge in [0.2, 0.25) is 0 Å². The van der Waals surface area contributed by atoms with E-state index < -0.39 is 0 Å². The fourth-order valence-corrected chi connectivity index (χ4v) is 3.44. The van der Waals surface area contributed by atoms with Gasteiger partial charge in [-0.05, 0) is 30.9 Å². The van der Waals surface area contributed by atoms with Crippen LogP contribution in [0.5, 0.6) is 0 Å². The fraction of sp³-hybridized carbons (Fsp3) is 0.500. The number of aromatic nitrogens is 3. The van der Waals surface area contributed by atoms with E-state index in [1.54, 1.807) is 24.4 Å². The maximum atomic E-state index is 11.9. The van der Waals surface area contributed by atoms with Gasteiger partial charge in [0.05, 0.1) is 19.1 Å². The fourth-order valence-electron chi connectivity index (χ4n) is 3.44. The summed E-state index contributed by atoms with van der Waals surface area (Å²) >= 11 is 0. The molecule has 1 aliphatic heterocycles. The summed E-state index contributed by atoms with van der Waals surface area (Å²) in [7, 11) is 1.79. The lowest BCUT2D eigenvalue weighted by atomic mass is 9.97. The second kappa shape index (κ2) is 11.7. The van der Waals surface area contributed by atoms with Crippen molar-refractivity contribution in [2.45, 2.75) is 32.9 Å². The first-order valence-corrected chi connectivity index (χ1v) is 9.72. The van der Waals surface area contributed by atoms with Crippen LogP contribution >= 0.6 is 24.0 Å². The molecule has 1 aromatic heterocycles. The zero-order valence-electron chi connectivity index (χ0n) is 17.0. The molecule has 0 atom stereocenters. The third-order valence-electron chi connectivity index (χ3n) is 4.88. The predicted molar refractivity (Wildman–Crippen MR) is 122 cm³/mol. The van der Waals surface area contributed by atoms with Crippen molar-refractivity contribution in [3.8, 4) is 0 Å². The van der Waals surface area contributed by atoms with E-state index in [-0.39, 0.29) is 35.9 Å². The van der Waals surface area contributed by atoms with Crippen molar-refractivity contribution < 1.29 is 9.53 Å². The van der Waals surface area contributed by atoms with Gasteiger partial charge in [-0.25, -0.2) is 9.67 Å². The third-order valence-corrected chi connectivity index (χ3v) is 4.88. The third kappa shape index (κ3) is 6.69. The minimum Gasteiger partial charge on any atom is -0.466 e. The highest BCUT2D eigenvalue weighted by Crippen LogP contribution is 2.19. The molecule has 0 spiro atoms. The highest BCUT2D eigenvalue weighted by Gasteiger charge is 2.27. The monoisotopic (exact) mass is 512 g/mol. The van der Waals surface area contributed by atoms with E-state index in [1.807, 2.05) is 6.92 Å². The number of benzene rings is 1. The van der Waals surface area contributed by atoms with E-state index >= 15 is 0 Å². The highest BCUT2D eigenvalue weighted by atomic mass is 127. The molecule has 1 aliphatic rings. The molecule has 3 rings (SSSR count). The summed E-state index contributed by atoms with van der Waals surface area (Å²) in [6, 6.07) is 8.39. The van der Waals surface area contributed by atoms with E-state index in [4.69, 9.17) is 4.74 Å². The summed E-state index contributed by atoms with van der Waals surface area (Å²) in [5.74, 6) is 0.793. The number of ether oxygens (including phenoxy) is 1. The van der Waals surface area contributed by atoms with Gasteiger partial charge in [0.1, 0.15) is 12.7 Å². The number of piperidine rings is 1. The van der Waals surface area contributed by atoms with Crippen LogP contribution in [0.15, 0.2) is 41.9 Å².